The van der Waals surface area contributed by atoms with Gasteiger partial charge in [-0.3, -0.25) is 4.79 Å². The monoisotopic (exact) mass is 1090 g/mol. The van der Waals surface area contributed by atoms with Crippen molar-refractivity contribution in [3.8, 4) is 0 Å². The molecule has 0 spiro atoms. The highest BCUT2D eigenvalue weighted by atomic mass is 16.8. The summed E-state index contributed by atoms with van der Waals surface area (Å²) < 4.78 is 34.1. The second-order valence-corrected chi connectivity index (χ2v) is 21.8. The summed E-state index contributed by atoms with van der Waals surface area (Å²) in [7, 11) is 0. The highest BCUT2D eigenvalue weighted by Gasteiger charge is 2.53. The number of hydrogen-bond donors (Lipinski definition) is 12. The van der Waals surface area contributed by atoms with Gasteiger partial charge in [-0.05, 0) is 19.3 Å². The van der Waals surface area contributed by atoms with Gasteiger partial charge in [-0.1, -0.05) is 199 Å². The van der Waals surface area contributed by atoms with E-state index in [4.69, 9.17) is 28.4 Å². The van der Waals surface area contributed by atoms with Crippen LogP contribution in [0.15, 0.2) is 12.2 Å². The maximum Gasteiger partial charge on any atom is 0.220 e. The normalized spacial score (nSPS) is 31.0. The molecule has 448 valence electrons. The Kier molecular flexibility index (Phi) is 37.6. The van der Waals surface area contributed by atoms with Gasteiger partial charge in [0.05, 0.1) is 38.6 Å². The van der Waals surface area contributed by atoms with E-state index in [0.29, 0.717) is 6.42 Å². The van der Waals surface area contributed by atoms with Crippen molar-refractivity contribution < 1.29 is 89.4 Å². The Bertz CT molecular complexity index is 1450. The Morgan fingerprint density at radius 1 is 0.461 bits per heavy atom. The molecule has 3 aliphatic rings. The first-order valence-electron chi connectivity index (χ1n) is 29.9. The van der Waals surface area contributed by atoms with E-state index in [0.717, 1.165) is 51.4 Å². The number of hydrogen-bond acceptors (Lipinski definition) is 18. The Labute approximate surface area is 455 Å². The van der Waals surface area contributed by atoms with Crippen LogP contribution in [-0.4, -0.2) is 193 Å². The second kappa shape index (κ2) is 41.5. The Balaban J connectivity index is 1.42. The van der Waals surface area contributed by atoms with Crippen LogP contribution in [0.4, 0.5) is 0 Å². The molecule has 17 unspecified atom stereocenters. The Morgan fingerprint density at radius 3 is 1.24 bits per heavy atom. The first-order chi connectivity index (χ1) is 36.8. The average Bonchev–Trinajstić information content (AvgIpc) is 3.41. The van der Waals surface area contributed by atoms with Crippen molar-refractivity contribution >= 4 is 5.91 Å². The molecule has 1 amide bonds. The molecule has 3 heterocycles. The number of ether oxygens (including phenoxy) is 6. The van der Waals surface area contributed by atoms with Crippen LogP contribution < -0.4 is 5.32 Å². The first-order valence-corrected chi connectivity index (χ1v) is 29.9. The lowest BCUT2D eigenvalue weighted by Gasteiger charge is -2.48. The topological polar surface area (TPSA) is 307 Å². The summed E-state index contributed by atoms with van der Waals surface area (Å²) >= 11 is 0. The number of aliphatic hydroxyl groups excluding tert-OH is 11. The van der Waals surface area contributed by atoms with Crippen molar-refractivity contribution in [1.82, 2.24) is 5.32 Å². The van der Waals surface area contributed by atoms with Crippen LogP contribution in [0, 0.1) is 0 Å². The quantitative estimate of drug-likeness (QED) is 0.0283. The van der Waals surface area contributed by atoms with E-state index in [1.165, 1.54) is 135 Å². The Morgan fingerprint density at radius 2 is 0.816 bits per heavy atom. The van der Waals surface area contributed by atoms with Crippen LogP contribution in [0.3, 0.4) is 0 Å². The SMILES string of the molecule is CCCCCCCC/C=C/C(O)C(COC1OC(CO)C(OC2OC(CO)C(OC3OC(CO)C(O)C(O)C3O)C(O)C2O)C(O)C1O)NC(=O)CCCCCCCCCCCCCCCCCCCCCCCCC. The minimum atomic E-state index is -1.97. The molecule has 3 rings (SSSR count). The van der Waals surface area contributed by atoms with E-state index >= 15 is 0 Å². The van der Waals surface area contributed by atoms with Crippen LogP contribution in [0.2, 0.25) is 0 Å². The zero-order valence-corrected chi connectivity index (χ0v) is 46.5. The number of carbonyl (C=O) groups excluding carboxylic acids is 1. The predicted octanol–water partition coefficient (Wildman–Crippen LogP) is 4.99. The highest BCUT2D eigenvalue weighted by Crippen LogP contribution is 2.33. The van der Waals surface area contributed by atoms with Gasteiger partial charge >= 0.3 is 0 Å². The van der Waals surface area contributed by atoms with E-state index in [1.54, 1.807) is 6.08 Å². The van der Waals surface area contributed by atoms with E-state index in [-0.39, 0.29) is 18.9 Å². The molecule has 3 aliphatic heterocycles. The van der Waals surface area contributed by atoms with Crippen LogP contribution in [0.5, 0.6) is 0 Å². The third-order valence-electron chi connectivity index (χ3n) is 15.3. The number of rotatable bonds is 44. The molecule has 0 aromatic heterocycles. The molecule has 76 heavy (non-hydrogen) atoms. The summed E-state index contributed by atoms with van der Waals surface area (Å²) in [5, 5.41) is 120. The summed E-state index contributed by atoms with van der Waals surface area (Å²) in [6.45, 7) is 1.68. The zero-order valence-electron chi connectivity index (χ0n) is 46.5. The van der Waals surface area contributed by atoms with E-state index < -0.39 is 124 Å². The van der Waals surface area contributed by atoms with Gasteiger partial charge in [0.25, 0.3) is 0 Å². The molecule has 3 saturated heterocycles. The van der Waals surface area contributed by atoms with Crippen molar-refractivity contribution in [2.24, 2.45) is 0 Å². The van der Waals surface area contributed by atoms with Gasteiger partial charge in [-0.15, -0.1) is 0 Å². The van der Waals surface area contributed by atoms with Crippen molar-refractivity contribution in [3.63, 3.8) is 0 Å². The van der Waals surface area contributed by atoms with Crippen LogP contribution >= 0.6 is 0 Å². The molecule has 0 aromatic rings. The van der Waals surface area contributed by atoms with Gasteiger partial charge in [0.2, 0.25) is 5.91 Å². The first kappa shape index (κ1) is 68.8. The summed E-state index contributed by atoms with van der Waals surface area (Å²) in [6, 6.07) is -0.965. The molecule has 0 saturated carbocycles. The van der Waals surface area contributed by atoms with Crippen LogP contribution in [-0.2, 0) is 33.2 Å². The lowest BCUT2D eigenvalue weighted by Crippen LogP contribution is -2.66. The smallest absolute Gasteiger partial charge is 0.220 e. The number of carbonyl (C=O) groups is 1. The summed E-state index contributed by atoms with van der Waals surface area (Å²) in [6.07, 6.45) is 13.8. The minimum absolute atomic E-state index is 0.248. The number of nitrogens with one attached hydrogen (secondary N) is 1. The van der Waals surface area contributed by atoms with Gasteiger partial charge < -0.3 is 89.9 Å². The fourth-order valence-corrected chi connectivity index (χ4v) is 10.4. The second-order valence-electron chi connectivity index (χ2n) is 21.8. The van der Waals surface area contributed by atoms with Gasteiger partial charge in [0, 0.05) is 6.42 Å². The fraction of sp³-hybridized carbons (Fsp3) is 0.947. The highest BCUT2D eigenvalue weighted by molar-refractivity contribution is 5.76. The lowest BCUT2D eigenvalue weighted by molar-refractivity contribution is -0.379. The molecule has 0 aliphatic carbocycles. The van der Waals surface area contributed by atoms with Crippen molar-refractivity contribution in [3.05, 3.63) is 12.2 Å². The molecule has 17 atom stereocenters. The molecule has 0 aromatic carbocycles. The molecular weight excluding hydrogens is 987 g/mol. The van der Waals surface area contributed by atoms with Gasteiger partial charge in [-0.25, -0.2) is 0 Å². The molecular formula is C57H107NO18. The van der Waals surface area contributed by atoms with E-state index in [9.17, 15) is 61.0 Å². The summed E-state index contributed by atoms with van der Waals surface area (Å²) in [5.74, 6) is -0.275. The maximum absolute atomic E-state index is 13.3. The number of aliphatic hydroxyl groups is 11. The van der Waals surface area contributed by atoms with Crippen molar-refractivity contribution in [2.75, 3.05) is 26.4 Å². The number of unbranched alkanes of at least 4 members (excludes halogenated alkanes) is 28. The molecule has 19 heteroatoms. The van der Waals surface area contributed by atoms with Crippen molar-refractivity contribution in [2.45, 2.75) is 317 Å². The van der Waals surface area contributed by atoms with Crippen molar-refractivity contribution in [1.29, 1.82) is 0 Å². The predicted molar refractivity (Wildman–Crippen MR) is 287 cm³/mol. The number of allylic oxidation sites excluding steroid dienone is 1. The third-order valence-corrected chi connectivity index (χ3v) is 15.3. The zero-order chi connectivity index (χ0) is 55.5. The molecule has 3 fully saturated rings. The third kappa shape index (κ3) is 25.5. The average molecular weight is 1090 g/mol. The van der Waals surface area contributed by atoms with Gasteiger partial charge in [0.1, 0.15) is 73.2 Å². The standard InChI is InChI=1S/C57H107NO18/c1-3-5-7-9-11-13-14-15-16-17-18-19-20-21-22-23-24-25-26-27-29-31-33-35-45(63)58-40(41(62)34-32-30-28-12-10-8-6-4-2)39-71-55-51(69)48(66)53(43(37-60)73-55)76-57-52(70)49(67)54(44(38-61)74-57)75-56-50(68)47(65)46(64)42(36-59)72-56/h32,34,40-44,46-57,59-62,64-70H,3-31,33,35-39H2,1-2H3,(H,58,63)/b34-32+. The van der Waals surface area contributed by atoms with Gasteiger partial charge in [0.15, 0.2) is 18.9 Å². The summed E-state index contributed by atoms with van der Waals surface area (Å²) in [5.41, 5.74) is 0. The summed E-state index contributed by atoms with van der Waals surface area (Å²) in [4.78, 5) is 13.3. The van der Waals surface area contributed by atoms with Crippen LogP contribution in [0.25, 0.3) is 0 Å². The Hall–Kier alpha value is -1.47. The minimum Gasteiger partial charge on any atom is -0.394 e. The fourth-order valence-electron chi connectivity index (χ4n) is 10.4. The molecule has 12 N–H and O–H groups in total. The number of amides is 1. The van der Waals surface area contributed by atoms with E-state index in [1.807, 2.05) is 6.08 Å². The maximum atomic E-state index is 13.3. The molecule has 0 radical (unpaired) electrons. The van der Waals surface area contributed by atoms with Crippen LogP contribution in [0.1, 0.15) is 213 Å². The largest absolute Gasteiger partial charge is 0.394 e. The van der Waals surface area contributed by atoms with E-state index in [2.05, 4.69) is 19.2 Å². The molecule has 0 bridgehead atoms. The molecule has 19 nitrogen and oxygen atoms in total. The van der Waals surface area contributed by atoms with Gasteiger partial charge in [-0.2, -0.15) is 0 Å². The lowest BCUT2D eigenvalue weighted by atomic mass is 9.96.